The zero-order valence-electron chi connectivity index (χ0n) is 14.5. The summed E-state index contributed by atoms with van der Waals surface area (Å²) in [7, 11) is 1.58. The van der Waals surface area contributed by atoms with Crippen molar-refractivity contribution >= 4 is 48.1 Å². The Kier molecular flexibility index (Phi) is 11.3. The maximum atomic E-state index is 12.7. The highest BCUT2D eigenvalue weighted by Gasteiger charge is 2.33. The molecule has 1 aromatic heterocycles. The zero-order chi connectivity index (χ0) is 18.4. The number of rotatable bonds is 7. The Morgan fingerprint density at radius 3 is 2.74 bits per heavy atom. The molecule has 2 heterocycles. The molecule has 6 nitrogen and oxygen atoms in total. The van der Waals surface area contributed by atoms with Crippen molar-refractivity contribution in [2.45, 2.75) is 18.6 Å². The molecule has 0 spiro atoms. The lowest BCUT2D eigenvalue weighted by Crippen LogP contribution is -2.42. The van der Waals surface area contributed by atoms with Gasteiger partial charge in [0.25, 0.3) is 0 Å². The Balaban J connectivity index is 0.00000338. The highest BCUT2D eigenvalue weighted by molar-refractivity contribution is 6.33. The third-order valence-corrected chi connectivity index (χ3v) is 4.05. The average Bonchev–Trinajstić information content (AvgIpc) is 2.98. The van der Waals surface area contributed by atoms with Gasteiger partial charge in [-0.25, -0.2) is 4.98 Å². The highest BCUT2D eigenvalue weighted by atomic mass is 35.5. The summed E-state index contributed by atoms with van der Waals surface area (Å²) in [4.78, 5) is 17.4. The maximum absolute atomic E-state index is 12.7. The quantitative estimate of drug-likeness (QED) is 0.621. The van der Waals surface area contributed by atoms with E-state index in [0.29, 0.717) is 38.5 Å². The van der Waals surface area contributed by atoms with Crippen LogP contribution in [0.1, 0.15) is 12.0 Å². The van der Waals surface area contributed by atoms with Crippen molar-refractivity contribution < 1.29 is 22.7 Å². The Morgan fingerprint density at radius 2 is 2.15 bits per heavy atom. The van der Waals surface area contributed by atoms with Gasteiger partial charge in [-0.2, -0.15) is 13.2 Å². The summed E-state index contributed by atoms with van der Waals surface area (Å²) in [5, 5.41) is 5.76. The van der Waals surface area contributed by atoms with E-state index in [2.05, 4.69) is 15.6 Å². The SMILES string of the molecule is COCCNCC(=O)NC1CCN(c2ncc(C(F)(F)F)cc2Cl)C1.Cl.Cl. The first-order valence-corrected chi connectivity index (χ1v) is 8.15. The number of nitrogens with one attached hydrogen (secondary N) is 2. The number of nitrogens with zero attached hydrogens (tertiary/aromatic N) is 2. The van der Waals surface area contributed by atoms with Gasteiger partial charge < -0.3 is 20.3 Å². The van der Waals surface area contributed by atoms with Crippen LogP contribution in [0.5, 0.6) is 0 Å². The molecular formula is C15H22Cl3F3N4O2. The molecule has 0 aromatic carbocycles. The Hall–Kier alpha value is -1.00. The lowest BCUT2D eigenvalue weighted by atomic mass is 10.2. The summed E-state index contributed by atoms with van der Waals surface area (Å²) in [5.74, 6) is 0.152. The number of carbonyl (C=O) groups excluding carboxylic acids is 1. The first kappa shape index (κ1) is 26.0. The first-order valence-electron chi connectivity index (χ1n) is 7.78. The van der Waals surface area contributed by atoms with Crippen molar-refractivity contribution in [3.05, 3.63) is 22.8 Å². The van der Waals surface area contributed by atoms with Crippen LogP contribution in [0.3, 0.4) is 0 Å². The number of anilines is 1. The van der Waals surface area contributed by atoms with Crippen LogP contribution in [-0.4, -0.2) is 56.8 Å². The van der Waals surface area contributed by atoms with Gasteiger partial charge in [-0.05, 0) is 12.5 Å². The van der Waals surface area contributed by atoms with Crippen molar-refractivity contribution in [2.24, 2.45) is 0 Å². The summed E-state index contributed by atoms with van der Waals surface area (Å²) in [6.45, 7) is 2.27. The van der Waals surface area contributed by atoms with Gasteiger partial charge >= 0.3 is 6.18 Å². The number of alkyl halides is 3. The molecule has 0 saturated carbocycles. The Labute approximate surface area is 173 Å². The van der Waals surface area contributed by atoms with Crippen molar-refractivity contribution in [1.82, 2.24) is 15.6 Å². The fraction of sp³-hybridized carbons (Fsp3) is 0.600. The third-order valence-electron chi connectivity index (χ3n) is 3.77. The number of hydrogen-bond acceptors (Lipinski definition) is 5. The minimum absolute atomic E-state index is 0. The highest BCUT2D eigenvalue weighted by Crippen LogP contribution is 2.34. The van der Waals surface area contributed by atoms with E-state index in [9.17, 15) is 18.0 Å². The van der Waals surface area contributed by atoms with E-state index in [-0.39, 0.29) is 48.3 Å². The van der Waals surface area contributed by atoms with Gasteiger partial charge in [0.1, 0.15) is 5.82 Å². The van der Waals surface area contributed by atoms with Crippen LogP contribution in [0.25, 0.3) is 0 Å². The fourth-order valence-corrected chi connectivity index (χ4v) is 2.83. The van der Waals surface area contributed by atoms with Gasteiger partial charge in [0, 0.05) is 39.0 Å². The smallest absolute Gasteiger partial charge is 0.383 e. The molecule has 0 radical (unpaired) electrons. The minimum atomic E-state index is -4.48. The molecule has 1 aliphatic rings. The summed E-state index contributed by atoms with van der Waals surface area (Å²) in [6.07, 6.45) is -3.04. The van der Waals surface area contributed by atoms with Crippen LogP contribution in [0.15, 0.2) is 12.3 Å². The number of pyridine rings is 1. The molecule has 0 bridgehead atoms. The molecule has 0 aliphatic carbocycles. The van der Waals surface area contributed by atoms with E-state index in [1.165, 1.54) is 0 Å². The number of hydrogen-bond donors (Lipinski definition) is 2. The monoisotopic (exact) mass is 452 g/mol. The second-order valence-electron chi connectivity index (χ2n) is 5.70. The second-order valence-corrected chi connectivity index (χ2v) is 6.10. The van der Waals surface area contributed by atoms with Crippen LogP contribution >= 0.6 is 36.4 Å². The van der Waals surface area contributed by atoms with Crippen molar-refractivity contribution in [3.63, 3.8) is 0 Å². The number of aromatic nitrogens is 1. The summed E-state index contributed by atoms with van der Waals surface area (Å²) in [5.41, 5.74) is -0.882. The van der Waals surface area contributed by atoms with Crippen molar-refractivity contribution in [1.29, 1.82) is 0 Å². The number of methoxy groups -OCH3 is 1. The van der Waals surface area contributed by atoms with Crippen LogP contribution in [0, 0.1) is 0 Å². The summed E-state index contributed by atoms with van der Waals surface area (Å²) >= 11 is 5.95. The van der Waals surface area contributed by atoms with Crippen LogP contribution in [0.4, 0.5) is 19.0 Å². The largest absolute Gasteiger partial charge is 0.417 e. The molecule has 2 rings (SSSR count). The lowest BCUT2D eigenvalue weighted by Gasteiger charge is -2.20. The van der Waals surface area contributed by atoms with Gasteiger partial charge in [-0.1, -0.05) is 11.6 Å². The predicted molar refractivity (Wildman–Crippen MR) is 102 cm³/mol. The molecule has 1 atom stereocenters. The van der Waals surface area contributed by atoms with Crippen LogP contribution in [0.2, 0.25) is 5.02 Å². The topological polar surface area (TPSA) is 66.5 Å². The Bertz CT molecular complexity index is 608. The number of halogens is 6. The molecule has 1 fully saturated rings. The number of amides is 1. The molecule has 1 amide bonds. The summed E-state index contributed by atoms with van der Waals surface area (Å²) < 4.78 is 42.8. The van der Waals surface area contributed by atoms with E-state index >= 15 is 0 Å². The van der Waals surface area contributed by atoms with Gasteiger partial charge in [0.2, 0.25) is 5.91 Å². The fourth-order valence-electron chi connectivity index (χ4n) is 2.54. The lowest BCUT2D eigenvalue weighted by molar-refractivity contribution is -0.137. The summed E-state index contributed by atoms with van der Waals surface area (Å²) in [6, 6.07) is 0.770. The van der Waals surface area contributed by atoms with E-state index in [1.807, 2.05) is 0 Å². The molecule has 1 unspecified atom stereocenters. The normalized spacial score (nSPS) is 16.5. The molecule has 12 heteroatoms. The van der Waals surface area contributed by atoms with Crippen molar-refractivity contribution in [2.75, 3.05) is 44.8 Å². The minimum Gasteiger partial charge on any atom is -0.383 e. The average molecular weight is 454 g/mol. The Morgan fingerprint density at radius 1 is 1.44 bits per heavy atom. The predicted octanol–water partition coefficient (Wildman–Crippen LogP) is 2.53. The second kappa shape index (κ2) is 11.8. The van der Waals surface area contributed by atoms with Gasteiger partial charge in [-0.3, -0.25) is 4.79 Å². The molecule has 1 aromatic rings. The van der Waals surface area contributed by atoms with E-state index in [4.69, 9.17) is 16.3 Å². The standard InChI is InChI=1S/C15H20ClF3N4O2.2ClH/c1-25-5-3-20-8-13(24)22-11-2-4-23(9-11)14-12(16)6-10(7-21-14)15(17,18)19;;/h6-7,11,20H,2-5,8-9H2,1H3,(H,22,24);2*1H. The molecule has 1 aliphatic heterocycles. The van der Waals surface area contributed by atoms with E-state index < -0.39 is 11.7 Å². The molecule has 27 heavy (non-hydrogen) atoms. The molecular weight excluding hydrogens is 432 g/mol. The third kappa shape index (κ3) is 7.87. The van der Waals surface area contributed by atoms with E-state index in [1.54, 1.807) is 12.0 Å². The van der Waals surface area contributed by atoms with Crippen LogP contribution in [-0.2, 0) is 15.7 Å². The molecule has 1 saturated heterocycles. The number of carbonyl (C=O) groups is 1. The van der Waals surface area contributed by atoms with Crippen molar-refractivity contribution in [3.8, 4) is 0 Å². The van der Waals surface area contributed by atoms with E-state index in [0.717, 1.165) is 12.3 Å². The molecule has 156 valence electrons. The zero-order valence-corrected chi connectivity index (χ0v) is 16.9. The van der Waals surface area contributed by atoms with Crippen LogP contribution < -0.4 is 15.5 Å². The van der Waals surface area contributed by atoms with Gasteiger partial charge in [0.15, 0.2) is 0 Å². The number of ether oxygens (including phenoxy) is 1. The maximum Gasteiger partial charge on any atom is 0.417 e. The van der Waals surface area contributed by atoms with Gasteiger partial charge in [-0.15, -0.1) is 24.8 Å². The first-order chi connectivity index (χ1) is 11.8. The molecule has 2 N–H and O–H groups in total. The van der Waals surface area contributed by atoms with Gasteiger partial charge in [0.05, 0.1) is 23.7 Å².